The number of aromatic nitrogens is 2. The number of carbonyl (C=O) groups is 1. The van der Waals surface area contributed by atoms with Crippen molar-refractivity contribution in [2.24, 2.45) is 0 Å². The summed E-state index contributed by atoms with van der Waals surface area (Å²) in [7, 11) is 1.38. The lowest BCUT2D eigenvalue weighted by atomic mass is 10.1. The first-order chi connectivity index (χ1) is 11.8. The molecule has 0 saturated heterocycles. The van der Waals surface area contributed by atoms with Gasteiger partial charge in [-0.05, 0) is 17.7 Å². The van der Waals surface area contributed by atoms with E-state index in [1.807, 2.05) is 36.4 Å². The topological polar surface area (TPSA) is 44.1 Å². The van der Waals surface area contributed by atoms with Crippen LogP contribution in [0.1, 0.15) is 15.9 Å². The van der Waals surface area contributed by atoms with Gasteiger partial charge in [0.05, 0.1) is 18.2 Å². The molecular weight excluding hydrogens is 300 g/mol. The number of hydrogen-bond acceptors (Lipinski definition) is 3. The lowest BCUT2D eigenvalue weighted by Crippen LogP contribution is -2.03. The maximum atomic E-state index is 11.8. The first-order valence-corrected chi connectivity index (χ1v) is 7.77. The Bertz CT molecular complexity index is 1040. The minimum absolute atomic E-state index is 0.371. The lowest BCUT2D eigenvalue weighted by molar-refractivity contribution is 0.0600. The van der Waals surface area contributed by atoms with Gasteiger partial charge in [0.25, 0.3) is 0 Å². The molecule has 4 nitrogen and oxygen atoms in total. The van der Waals surface area contributed by atoms with Crippen LogP contribution in [0.4, 0.5) is 0 Å². The summed E-state index contributed by atoms with van der Waals surface area (Å²) < 4.78 is 7.00. The molecule has 2 aromatic carbocycles. The number of esters is 1. The molecule has 0 aliphatic rings. The van der Waals surface area contributed by atoms with Crippen LogP contribution in [-0.4, -0.2) is 22.6 Å². The van der Waals surface area contributed by atoms with E-state index in [0.29, 0.717) is 5.56 Å². The van der Waals surface area contributed by atoms with Crippen molar-refractivity contribution in [2.45, 2.75) is 6.54 Å². The van der Waals surface area contributed by atoms with Crippen LogP contribution in [0, 0.1) is 0 Å². The highest BCUT2D eigenvalue weighted by Crippen LogP contribution is 2.29. The first-order valence-electron chi connectivity index (χ1n) is 7.77. The third kappa shape index (κ3) is 2.33. The Balaban J connectivity index is 1.96. The van der Waals surface area contributed by atoms with Gasteiger partial charge in [-0.3, -0.25) is 0 Å². The number of rotatable bonds is 3. The average molecular weight is 316 g/mol. The van der Waals surface area contributed by atoms with Crippen LogP contribution in [0.15, 0.2) is 66.9 Å². The molecule has 0 amide bonds. The monoisotopic (exact) mass is 316 g/mol. The molecule has 4 heteroatoms. The predicted octanol–water partition coefficient (Wildman–Crippen LogP) is 4.02. The summed E-state index contributed by atoms with van der Waals surface area (Å²) in [4.78, 5) is 16.4. The van der Waals surface area contributed by atoms with Crippen molar-refractivity contribution in [1.82, 2.24) is 9.55 Å². The van der Waals surface area contributed by atoms with Gasteiger partial charge in [-0.15, -0.1) is 0 Å². The highest BCUT2D eigenvalue weighted by molar-refractivity contribution is 6.08. The Labute approximate surface area is 139 Å². The van der Waals surface area contributed by atoms with Crippen molar-refractivity contribution in [3.8, 4) is 0 Å². The highest BCUT2D eigenvalue weighted by Gasteiger charge is 2.15. The highest BCUT2D eigenvalue weighted by atomic mass is 16.5. The van der Waals surface area contributed by atoms with Crippen LogP contribution in [0.2, 0.25) is 0 Å². The summed E-state index contributed by atoms with van der Waals surface area (Å²) in [6.45, 7) is 0.732. The van der Waals surface area contributed by atoms with Crippen LogP contribution in [0.25, 0.3) is 21.9 Å². The minimum Gasteiger partial charge on any atom is -0.465 e. The fraction of sp³-hybridized carbons (Fsp3) is 0.100. The summed E-state index contributed by atoms with van der Waals surface area (Å²) in [5.74, 6) is -0.371. The molecule has 0 spiro atoms. The van der Waals surface area contributed by atoms with Gasteiger partial charge in [0, 0.05) is 23.5 Å². The number of ether oxygens (including phenoxy) is 1. The van der Waals surface area contributed by atoms with Gasteiger partial charge >= 0.3 is 5.97 Å². The Hall–Kier alpha value is -3.14. The fourth-order valence-electron chi connectivity index (χ4n) is 3.08. The average Bonchev–Trinajstić information content (AvgIpc) is 2.95. The standard InChI is InChI=1S/C20H16N2O2/c1-24-20(23)15-11-17-16-9-5-6-10-18(16)22(19(17)21-12-15)13-14-7-3-2-4-8-14/h2-12H,13H2,1H3. The number of methoxy groups -OCH3 is 1. The molecule has 0 aliphatic carbocycles. The van der Waals surface area contributed by atoms with Crippen LogP contribution in [-0.2, 0) is 11.3 Å². The maximum Gasteiger partial charge on any atom is 0.339 e. The molecule has 2 aromatic heterocycles. The van der Waals surface area contributed by atoms with E-state index in [-0.39, 0.29) is 5.97 Å². The number of hydrogen-bond donors (Lipinski definition) is 0. The van der Waals surface area contributed by atoms with Gasteiger partial charge in [-0.25, -0.2) is 9.78 Å². The Morgan fingerprint density at radius 3 is 2.58 bits per heavy atom. The third-order valence-corrected chi connectivity index (χ3v) is 4.21. The van der Waals surface area contributed by atoms with Crippen LogP contribution in [0.3, 0.4) is 0 Å². The number of para-hydroxylation sites is 1. The van der Waals surface area contributed by atoms with Gasteiger partial charge in [0.1, 0.15) is 5.65 Å². The van der Waals surface area contributed by atoms with E-state index in [1.54, 1.807) is 6.20 Å². The minimum atomic E-state index is -0.371. The van der Waals surface area contributed by atoms with Crippen molar-refractivity contribution in [3.05, 3.63) is 78.0 Å². The van der Waals surface area contributed by atoms with E-state index in [2.05, 4.69) is 33.8 Å². The van der Waals surface area contributed by atoms with E-state index < -0.39 is 0 Å². The van der Waals surface area contributed by atoms with Crippen LogP contribution >= 0.6 is 0 Å². The van der Waals surface area contributed by atoms with E-state index in [4.69, 9.17) is 4.74 Å². The SMILES string of the molecule is COC(=O)c1cnc2c(c1)c1ccccc1n2Cc1ccccc1. The molecule has 4 aromatic rings. The van der Waals surface area contributed by atoms with Gasteiger partial charge < -0.3 is 9.30 Å². The summed E-state index contributed by atoms with van der Waals surface area (Å²) in [5.41, 5.74) is 3.64. The zero-order valence-electron chi connectivity index (χ0n) is 13.3. The fourth-order valence-corrected chi connectivity index (χ4v) is 3.08. The van der Waals surface area contributed by atoms with Crippen molar-refractivity contribution >= 4 is 27.9 Å². The molecule has 0 fully saturated rings. The largest absolute Gasteiger partial charge is 0.465 e. The normalized spacial score (nSPS) is 11.0. The van der Waals surface area contributed by atoms with Crippen LogP contribution in [0.5, 0.6) is 0 Å². The Morgan fingerprint density at radius 1 is 1.04 bits per heavy atom. The molecule has 0 aliphatic heterocycles. The summed E-state index contributed by atoms with van der Waals surface area (Å²) in [5, 5.41) is 2.05. The van der Waals surface area contributed by atoms with Gasteiger partial charge in [0.15, 0.2) is 0 Å². The number of nitrogens with zero attached hydrogens (tertiary/aromatic N) is 2. The van der Waals surface area contributed by atoms with E-state index in [1.165, 1.54) is 12.7 Å². The number of fused-ring (bicyclic) bond motifs is 3. The lowest BCUT2D eigenvalue weighted by Gasteiger charge is -2.07. The second kappa shape index (κ2) is 5.81. The van der Waals surface area contributed by atoms with Crippen molar-refractivity contribution in [1.29, 1.82) is 0 Å². The summed E-state index contributed by atoms with van der Waals surface area (Å²) in [6.07, 6.45) is 1.58. The molecule has 118 valence electrons. The molecule has 0 bridgehead atoms. The van der Waals surface area contributed by atoms with Crippen LogP contribution < -0.4 is 0 Å². The molecule has 0 N–H and O–H groups in total. The van der Waals surface area contributed by atoms with E-state index >= 15 is 0 Å². The second-order valence-electron chi connectivity index (χ2n) is 5.68. The van der Waals surface area contributed by atoms with Gasteiger partial charge in [0.2, 0.25) is 0 Å². The molecule has 0 unspecified atom stereocenters. The van der Waals surface area contributed by atoms with Gasteiger partial charge in [-0.2, -0.15) is 0 Å². The zero-order chi connectivity index (χ0) is 16.5. The van der Waals surface area contributed by atoms with E-state index in [9.17, 15) is 4.79 Å². The molecule has 24 heavy (non-hydrogen) atoms. The quantitative estimate of drug-likeness (QED) is 0.536. The molecular formula is C20H16N2O2. The summed E-state index contributed by atoms with van der Waals surface area (Å²) in [6, 6.07) is 20.3. The number of benzene rings is 2. The molecule has 2 heterocycles. The van der Waals surface area contributed by atoms with Gasteiger partial charge in [-0.1, -0.05) is 48.5 Å². The smallest absolute Gasteiger partial charge is 0.339 e. The summed E-state index contributed by atoms with van der Waals surface area (Å²) >= 11 is 0. The first kappa shape index (κ1) is 14.5. The predicted molar refractivity (Wildman–Crippen MR) is 94.1 cm³/mol. The van der Waals surface area contributed by atoms with Crippen molar-refractivity contribution < 1.29 is 9.53 Å². The van der Waals surface area contributed by atoms with Crippen molar-refractivity contribution in [3.63, 3.8) is 0 Å². The second-order valence-corrected chi connectivity index (χ2v) is 5.68. The maximum absolute atomic E-state index is 11.8. The van der Waals surface area contributed by atoms with E-state index in [0.717, 1.165) is 28.5 Å². The molecule has 4 rings (SSSR count). The van der Waals surface area contributed by atoms with Crippen molar-refractivity contribution in [2.75, 3.05) is 7.11 Å². The molecule has 0 saturated carbocycles. The number of pyridine rings is 1. The molecule has 0 atom stereocenters. The third-order valence-electron chi connectivity index (χ3n) is 4.21. The number of carbonyl (C=O) groups excluding carboxylic acids is 1. The zero-order valence-corrected chi connectivity index (χ0v) is 13.3. The Kier molecular flexibility index (Phi) is 3.50. The Morgan fingerprint density at radius 2 is 1.79 bits per heavy atom. The molecule has 0 radical (unpaired) electrons.